The van der Waals surface area contributed by atoms with Gasteiger partial charge in [-0.3, -0.25) is 4.99 Å². The third kappa shape index (κ3) is 11.2. The van der Waals surface area contributed by atoms with Gasteiger partial charge in [-0.15, -0.1) is 34.2 Å². The van der Waals surface area contributed by atoms with Crippen molar-refractivity contribution in [1.29, 1.82) is 0 Å². The lowest BCUT2D eigenvalue weighted by Crippen LogP contribution is -2.38. The van der Waals surface area contributed by atoms with Crippen molar-refractivity contribution in [3.63, 3.8) is 0 Å². The van der Waals surface area contributed by atoms with E-state index in [2.05, 4.69) is 66.3 Å². The Morgan fingerprint density at radius 1 is 1.11 bits per heavy atom. The molecule has 1 rings (SSSR count). The largest absolute Gasteiger partial charge is 0.357 e. The maximum atomic E-state index is 4.69. The molecule has 0 aliphatic carbocycles. The highest BCUT2D eigenvalue weighted by Gasteiger charge is 2.12. The molecular formula is C19H39IN6S. The fourth-order valence-electron chi connectivity index (χ4n) is 2.69. The van der Waals surface area contributed by atoms with E-state index >= 15 is 0 Å². The van der Waals surface area contributed by atoms with Gasteiger partial charge in [0.2, 0.25) is 0 Å². The molecule has 0 saturated heterocycles. The van der Waals surface area contributed by atoms with Crippen LogP contribution in [0.15, 0.2) is 10.1 Å². The Labute approximate surface area is 187 Å². The van der Waals surface area contributed by atoms with Crippen LogP contribution in [0.3, 0.4) is 0 Å². The molecule has 0 atom stereocenters. The molecule has 2 N–H and O–H groups in total. The lowest BCUT2D eigenvalue weighted by molar-refractivity contribution is 0.477. The Bertz CT molecular complexity index is 530. The molecule has 0 saturated carbocycles. The third-order valence-corrected chi connectivity index (χ3v) is 4.61. The van der Waals surface area contributed by atoms with Crippen LogP contribution < -0.4 is 10.6 Å². The van der Waals surface area contributed by atoms with Gasteiger partial charge in [-0.25, -0.2) is 0 Å². The van der Waals surface area contributed by atoms with E-state index in [9.17, 15) is 0 Å². The molecule has 6 nitrogen and oxygen atoms in total. The Hall–Kier alpha value is -0.510. The summed E-state index contributed by atoms with van der Waals surface area (Å²) in [6.45, 7) is 14.7. The van der Waals surface area contributed by atoms with Gasteiger partial charge in [0.25, 0.3) is 0 Å². The second-order valence-corrected chi connectivity index (χ2v) is 8.21. The SMILES string of the molecule is CCNC(=NCCCc1nnc(SC)n1CC(C)C)NCCCC(C)C.I. The molecule has 0 unspecified atom stereocenters. The van der Waals surface area contributed by atoms with E-state index < -0.39 is 0 Å². The fraction of sp³-hybridized carbons (Fsp3) is 0.842. The van der Waals surface area contributed by atoms with Crippen LogP contribution in [0, 0.1) is 11.8 Å². The molecule has 0 aliphatic heterocycles. The second kappa shape index (κ2) is 15.4. The third-order valence-electron chi connectivity index (χ3n) is 3.95. The first-order chi connectivity index (χ1) is 12.5. The smallest absolute Gasteiger partial charge is 0.191 e. The zero-order chi connectivity index (χ0) is 19.4. The van der Waals surface area contributed by atoms with Gasteiger partial charge in [-0.2, -0.15) is 0 Å². The normalized spacial score (nSPS) is 11.8. The second-order valence-electron chi connectivity index (χ2n) is 7.43. The van der Waals surface area contributed by atoms with E-state index in [1.807, 2.05) is 0 Å². The average Bonchev–Trinajstić information content (AvgIpc) is 2.96. The molecule has 0 aromatic carbocycles. The number of nitrogens with zero attached hydrogens (tertiary/aromatic N) is 4. The van der Waals surface area contributed by atoms with Crippen molar-refractivity contribution < 1.29 is 0 Å². The van der Waals surface area contributed by atoms with Crippen LogP contribution in [0.1, 0.15) is 59.7 Å². The molecule has 158 valence electrons. The maximum absolute atomic E-state index is 4.69. The van der Waals surface area contributed by atoms with Crippen LogP contribution >= 0.6 is 35.7 Å². The van der Waals surface area contributed by atoms with E-state index in [1.54, 1.807) is 11.8 Å². The lowest BCUT2D eigenvalue weighted by atomic mass is 10.1. The number of thioether (sulfide) groups is 1. The summed E-state index contributed by atoms with van der Waals surface area (Å²) >= 11 is 1.66. The highest BCUT2D eigenvalue weighted by molar-refractivity contribution is 14.0. The zero-order valence-electron chi connectivity index (χ0n) is 17.9. The molecule has 0 amide bonds. The van der Waals surface area contributed by atoms with Gasteiger partial charge in [-0.1, -0.05) is 39.5 Å². The van der Waals surface area contributed by atoms with Crippen LogP contribution in [0.5, 0.6) is 0 Å². The minimum atomic E-state index is 0. The average molecular weight is 511 g/mol. The molecule has 1 aromatic heterocycles. The van der Waals surface area contributed by atoms with Crippen molar-refractivity contribution in [3.8, 4) is 0 Å². The van der Waals surface area contributed by atoms with Crippen LogP contribution in [0.25, 0.3) is 0 Å². The minimum Gasteiger partial charge on any atom is -0.357 e. The van der Waals surface area contributed by atoms with Gasteiger partial charge in [0, 0.05) is 32.6 Å². The Morgan fingerprint density at radius 2 is 1.85 bits per heavy atom. The first kappa shape index (κ1) is 26.5. The summed E-state index contributed by atoms with van der Waals surface area (Å²) in [5, 5.41) is 16.5. The minimum absolute atomic E-state index is 0. The summed E-state index contributed by atoms with van der Waals surface area (Å²) in [6, 6.07) is 0. The summed E-state index contributed by atoms with van der Waals surface area (Å²) in [7, 11) is 0. The van der Waals surface area contributed by atoms with Crippen molar-refractivity contribution in [2.24, 2.45) is 16.8 Å². The lowest BCUT2D eigenvalue weighted by Gasteiger charge is -2.12. The first-order valence-corrected chi connectivity index (χ1v) is 11.2. The Balaban J connectivity index is 0.00000676. The van der Waals surface area contributed by atoms with Crippen LogP contribution in [0.2, 0.25) is 0 Å². The van der Waals surface area contributed by atoms with Gasteiger partial charge in [-0.05, 0) is 44.3 Å². The first-order valence-electron chi connectivity index (χ1n) is 9.96. The van der Waals surface area contributed by atoms with Crippen LogP contribution in [-0.2, 0) is 13.0 Å². The van der Waals surface area contributed by atoms with Gasteiger partial charge in [0.05, 0.1) is 0 Å². The summed E-state index contributed by atoms with van der Waals surface area (Å²) in [4.78, 5) is 4.69. The molecule has 0 radical (unpaired) electrons. The molecule has 1 aromatic rings. The summed E-state index contributed by atoms with van der Waals surface area (Å²) < 4.78 is 2.26. The van der Waals surface area contributed by atoms with E-state index in [4.69, 9.17) is 4.99 Å². The number of aryl methyl sites for hydroxylation is 1. The standard InChI is InChI=1S/C19H38N6S.HI/c1-7-20-18(21-12-8-10-15(2)3)22-13-9-11-17-23-24-19(26-6)25(17)14-16(4)5;/h15-16H,7-14H2,1-6H3,(H2,20,21,22);1H. The van der Waals surface area contributed by atoms with Crippen molar-refractivity contribution in [3.05, 3.63) is 5.82 Å². The summed E-state index contributed by atoms with van der Waals surface area (Å²) in [5.41, 5.74) is 0. The van der Waals surface area contributed by atoms with Crippen LogP contribution in [-0.4, -0.2) is 46.6 Å². The molecule has 27 heavy (non-hydrogen) atoms. The summed E-state index contributed by atoms with van der Waals surface area (Å²) in [6.07, 6.45) is 6.37. The van der Waals surface area contributed by atoms with E-state index in [0.717, 1.165) is 61.9 Å². The van der Waals surface area contributed by atoms with Crippen molar-refractivity contribution in [2.45, 2.75) is 72.0 Å². The van der Waals surface area contributed by atoms with Crippen molar-refractivity contribution in [2.75, 3.05) is 25.9 Å². The van der Waals surface area contributed by atoms with E-state index in [0.29, 0.717) is 5.92 Å². The van der Waals surface area contributed by atoms with E-state index in [-0.39, 0.29) is 24.0 Å². The van der Waals surface area contributed by atoms with Crippen molar-refractivity contribution in [1.82, 2.24) is 25.4 Å². The number of hydrogen-bond acceptors (Lipinski definition) is 4. The van der Waals surface area contributed by atoms with Crippen molar-refractivity contribution >= 4 is 41.7 Å². The molecule has 0 fully saturated rings. The molecule has 0 spiro atoms. The van der Waals surface area contributed by atoms with Crippen LogP contribution in [0.4, 0.5) is 0 Å². The van der Waals surface area contributed by atoms with E-state index in [1.165, 1.54) is 12.8 Å². The van der Waals surface area contributed by atoms with Gasteiger partial charge in [0.1, 0.15) is 5.82 Å². The number of aromatic nitrogens is 3. The molecular weight excluding hydrogens is 471 g/mol. The zero-order valence-corrected chi connectivity index (χ0v) is 21.1. The fourth-order valence-corrected chi connectivity index (χ4v) is 3.21. The molecule has 1 heterocycles. The van der Waals surface area contributed by atoms with Gasteiger partial charge in [0.15, 0.2) is 11.1 Å². The topological polar surface area (TPSA) is 67.1 Å². The monoisotopic (exact) mass is 510 g/mol. The maximum Gasteiger partial charge on any atom is 0.191 e. The highest BCUT2D eigenvalue weighted by atomic mass is 127. The number of guanidine groups is 1. The number of rotatable bonds is 12. The number of halogens is 1. The quantitative estimate of drug-likeness (QED) is 0.145. The molecule has 0 aliphatic rings. The predicted octanol–water partition coefficient (Wildman–Crippen LogP) is 4.20. The molecule has 0 bridgehead atoms. The number of nitrogens with one attached hydrogen (secondary N) is 2. The Kier molecular flexibility index (Phi) is 15.1. The molecule has 8 heteroatoms. The number of hydrogen-bond donors (Lipinski definition) is 2. The number of aliphatic imine (C=N–C) groups is 1. The van der Waals surface area contributed by atoms with Gasteiger partial charge < -0.3 is 15.2 Å². The summed E-state index contributed by atoms with van der Waals surface area (Å²) in [5.74, 6) is 3.34. The van der Waals surface area contributed by atoms with Gasteiger partial charge >= 0.3 is 0 Å². The highest BCUT2D eigenvalue weighted by Crippen LogP contribution is 2.16. The Morgan fingerprint density at radius 3 is 2.44 bits per heavy atom. The predicted molar refractivity (Wildman–Crippen MR) is 128 cm³/mol.